The van der Waals surface area contributed by atoms with Gasteiger partial charge in [0.25, 0.3) is 0 Å². The zero-order chi connectivity index (χ0) is 10.3. The molecule has 0 aromatic heterocycles. The number of nitrogens with two attached hydrogens (primary N) is 1. The van der Waals surface area contributed by atoms with E-state index in [0.717, 1.165) is 19.5 Å². The van der Waals surface area contributed by atoms with Crippen molar-refractivity contribution < 1.29 is 0 Å². The fourth-order valence-electron chi connectivity index (χ4n) is 1.71. The zero-order valence-corrected chi connectivity index (χ0v) is 9.77. The largest absolute Gasteiger partial charge is 0.330 e. The Kier molecular flexibility index (Phi) is 6.35. The smallest absolute Gasteiger partial charge is 0.00301 e. The van der Waals surface area contributed by atoms with Crippen LogP contribution in [-0.2, 0) is 0 Å². The second kappa shape index (κ2) is 6.39. The van der Waals surface area contributed by atoms with Crippen molar-refractivity contribution in [3.8, 4) is 0 Å². The highest BCUT2D eigenvalue weighted by Gasteiger charge is 2.18. The first kappa shape index (κ1) is 12.9. The van der Waals surface area contributed by atoms with Crippen LogP contribution in [0, 0.1) is 5.41 Å². The van der Waals surface area contributed by atoms with Gasteiger partial charge in [0, 0.05) is 6.54 Å². The summed E-state index contributed by atoms with van der Waals surface area (Å²) in [5.41, 5.74) is 5.94. The molecule has 0 atom stereocenters. The molecule has 0 rings (SSSR count). The lowest BCUT2D eigenvalue weighted by Gasteiger charge is -2.29. The summed E-state index contributed by atoms with van der Waals surface area (Å²) in [5, 5.41) is 0. The minimum absolute atomic E-state index is 0.372. The van der Waals surface area contributed by atoms with Crippen molar-refractivity contribution in [1.29, 1.82) is 0 Å². The van der Waals surface area contributed by atoms with E-state index in [1.165, 1.54) is 19.4 Å². The number of rotatable bonds is 7. The van der Waals surface area contributed by atoms with E-state index in [-0.39, 0.29) is 0 Å². The van der Waals surface area contributed by atoms with Crippen molar-refractivity contribution in [1.82, 2.24) is 4.90 Å². The summed E-state index contributed by atoms with van der Waals surface area (Å²) in [5.74, 6) is 0. The molecule has 0 aromatic carbocycles. The quantitative estimate of drug-likeness (QED) is 0.659. The van der Waals surface area contributed by atoms with Crippen molar-refractivity contribution in [3.05, 3.63) is 0 Å². The van der Waals surface area contributed by atoms with Crippen molar-refractivity contribution in [2.24, 2.45) is 11.1 Å². The molecule has 0 heterocycles. The Balaban J connectivity index is 3.68. The minimum atomic E-state index is 0.372. The Morgan fingerprint density at radius 1 is 1.31 bits per heavy atom. The molecule has 0 aromatic rings. The van der Waals surface area contributed by atoms with Crippen LogP contribution >= 0.6 is 0 Å². The van der Waals surface area contributed by atoms with Gasteiger partial charge in [-0.1, -0.05) is 27.2 Å². The van der Waals surface area contributed by atoms with E-state index in [1.54, 1.807) is 0 Å². The van der Waals surface area contributed by atoms with Crippen LogP contribution < -0.4 is 5.73 Å². The molecule has 0 aliphatic rings. The van der Waals surface area contributed by atoms with Gasteiger partial charge in [0.1, 0.15) is 0 Å². The minimum Gasteiger partial charge on any atom is -0.330 e. The van der Waals surface area contributed by atoms with Gasteiger partial charge in [0.2, 0.25) is 0 Å². The van der Waals surface area contributed by atoms with Crippen molar-refractivity contribution in [2.75, 3.05) is 26.7 Å². The van der Waals surface area contributed by atoms with Crippen molar-refractivity contribution >= 4 is 0 Å². The first-order valence-corrected chi connectivity index (χ1v) is 5.40. The van der Waals surface area contributed by atoms with Gasteiger partial charge < -0.3 is 10.6 Å². The maximum Gasteiger partial charge on any atom is 0.00301 e. The van der Waals surface area contributed by atoms with Gasteiger partial charge in [-0.2, -0.15) is 0 Å². The monoisotopic (exact) mass is 186 g/mol. The highest BCUT2D eigenvalue weighted by molar-refractivity contribution is 4.72. The van der Waals surface area contributed by atoms with E-state index in [0.29, 0.717) is 5.41 Å². The fraction of sp³-hybridized carbons (Fsp3) is 1.00. The van der Waals surface area contributed by atoms with E-state index in [2.05, 4.69) is 32.7 Å². The first-order chi connectivity index (χ1) is 6.02. The molecule has 0 unspecified atom stereocenters. The summed E-state index contributed by atoms with van der Waals surface area (Å²) < 4.78 is 0. The molecule has 0 radical (unpaired) electrons. The predicted molar refractivity (Wildman–Crippen MR) is 59.9 cm³/mol. The summed E-state index contributed by atoms with van der Waals surface area (Å²) in [4.78, 5) is 2.42. The van der Waals surface area contributed by atoms with Gasteiger partial charge in [-0.05, 0) is 38.4 Å². The zero-order valence-electron chi connectivity index (χ0n) is 9.77. The molecule has 0 amide bonds. The molecule has 13 heavy (non-hydrogen) atoms. The van der Waals surface area contributed by atoms with Crippen LogP contribution in [0.15, 0.2) is 0 Å². The first-order valence-electron chi connectivity index (χ1n) is 5.40. The number of hydrogen-bond donors (Lipinski definition) is 1. The van der Waals surface area contributed by atoms with Gasteiger partial charge in [0.15, 0.2) is 0 Å². The van der Waals surface area contributed by atoms with E-state index >= 15 is 0 Å². The molecule has 0 aliphatic heterocycles. The van der Waals surface area contributed by atoms with E-state index in [1.807, 2.05) is 0 Å². The van der Waals surface area contributed by atoms with Crippen LogP contribution in [0.25, 0.3) is 0 Å². The lowest BCUT2D eigenvalue weighted by Crippen LogP contribution is -2.33. The topological polar surface area (TPSA) is 29.3 Å². The normalized spacial score (nSPS) is 12.5. The van der Waals surface area contributed by atoms with E-state index in [9.17, 15) is 0 Å². The molecule has 2 heteroatoms. The van der Waals surface area contributed by atoms with Crippen LogP contribution in [0.5, 0.6) is 0 Å². The molecule has 80 valence electrons. The molecular weight excluding hydrogens is 160 g/mol. The van der Waals surface area contributed by atoms with Crippen molar-refractivity contribution in [3.63, 3.8) is 0 Å². The number of hydrogen-bond acceptors (Lipinski definition) is 2. The van der Waals surface area contributed by atoms with Crippen LogP contribution in [0.3, 0.4) is 0 Å². The maximum atomic E-state index is 5.57. The second-order valence-electron chi connectivity index (χ2n) is 4.79. The van der Waals surface area contributed by atoms with Gasteiger partial charge >= 0.3 is 0 Å². The molecule has 0 aliphatic carbocycles. The highest BCUT2D eigenvalue weighted by Crippen LogP contribution is 2.20. The molecule has 0 saturated heterocycles. The Morgan fingerprint density at radius 2 is 1.92 bits per heavy atom. The third kappa shape index (κ3) is 7.03. The molecule has 2 nitrogen and oxygen atoms in total. The van der Waals surface area contributed by atoms with Gasteiger partial charge in [-0.15, -0.1) is 0 Å². The predicted octanol–water partition coefficient (Wildman–Crippen LogP) is 2.09. The van der Waals surface area contributed by atoms with E-state index < -0.39 is 0 Å². The van der Waals surface area contributed by atoms with Crippen LogP contribution in [0.1, 0.15) is 40.0 Å². The summed E-state index contributed by atoms with van der Waals surface area (Å²) in [6, 6.07) is 0. The standard InChI is InChI=1S/C11H26N2/c1-5-6-9-13(4)10-11(2,3)7-8-12/h5-10,12H2,1-4H3. The molecular formula is C11H26N2. The SMILES string of the molecule is CCCCN(C)CC(C)(C)CCN. The Labute approximate surface area is 83.5 Å². The molecule has 0 spiro atoms. The Hall–Kier alpha value is -0.0800. The Morgan fingerprint density at radius 3 is 2.38 bits per heavy atom. The van der Waals surface area contributed by atoms with Crippen molar-refractivity contribution in [2.45, 2.75) is 40.0 Å². The summed E-state index contributed by atoms with van der Waals surface area (Å²) in [7, 11) is 2.20. The summed E-state index contributed by atoms with van der Waals surface area (Å²) in [6.07, 6.45) is 3.69. The fourth-order valence-corrected chi connectivity index (χ4v) is 1.71. The molecule has 0 fully saturated rings. The van der Waals surface area contributed by atoms with E-state index in [4.69, 9.17) is 5.73 Å². The average molecular weight is 186 g/mol. The molecule has 2 N–H and O–H groups in total. The summed E-state index contributed by atoms with van der Waals surface area (Å²) >= 11 is 0. The number of nitrogens with zero attached hydrogens (tertiary/aromatic N) is 1. The van der Waals surface area contributed by atoms with Crippen LogP contribution in [0.4, 0.5) is 0 Å². The second-order valence-corrected chi connectivity index (χ2v) is 4.79. The lowest BCUT2D eigenvalue weighted by atomic mass is 9.89. The lowest BCUT2D eigenvalue weighted by molar-refractivity contribution is 0.198. The van der Waals surface area contributed by atoms with Gasteiger partial charge in [0.05, 0.1) is 0 Å². The highest BCUT2D eigenvalue weighted by atomic mass is 15.1. The maximum absolute atomic E-state index is 5.57. The van der Waals surface area contributed by atoms with Gasteiger partial charge in [-0.3, -0.25) is 0 Å². The number of unbranched alkanes of at least 4 members (excludes halogenated alkanes) is 1. The summed E-state index contributed by atoms with van der Waals surface area (Å²) in [6.45, 7) is 9.99. The molecule has 0 bridgehead atoms. The third-order valence-corrected chi connectivity index (χ3v) is 2.41. The Bertz CT molecular complexity index is 121. The average Bonchev–Trinajstić information content (AvgIpc) is 1.99. The van der Waals surface area contributed by atoms with Crippen LogP contribution in [0.2, 0.25) is 0 Å². The van der Waals surface area contributed by atoms with Gasteiger partial charge in [-0.25, -0.2) is 0 Å². The third-order valence-electron chi connectivity index (χ3n) is 2.41. The van der Waals surface area contributed by atoms with Crippen LogP contribution in [-0.4, -0.2) is 31.6 Å². The molecule has 0 saturated carbocycles.